The lowest BCUT2D eigenvalue weighted by molar-refractivity contribution is -0.214. The normalized spacial score (nSPS) is 32.9. The highest BCUT2D eigenvalue weighted by atomic mass is 16.6. The van der Waals surface area contributed by atoms with Gasteiger partial charge in [-0.05, 0) is 12.2 Å². The van der Waals surface area contributed by atoms with Crippen LogP contribution in [0, 0.1) is 0 Å². The van der Waals surface area contributed by atoms with Gasteiger partial charge in [0.25, 0.3) is 0 Å². The lowest BCUT2D eigenvalue weighted by Gasteiger charge is -2.33. The minimum Gasteiger partial charge on any atom is -0.498 e. The highest BCUT2D eigenvalue weighted by molar-refractivity contribution is 5.24. The number of aliphatic hydroxyl groups is 1. The van der Waals surface area contributed by atoms with Gasteiger partial charge in [-0.25, -0.2) is 0 Å². The van der Waals surface area contributed by atoms with Crippen molar-refractivity contribution in [1.29, 1.82) is 0 Å². The van der Waals surface area contributed by atoms with E-state index < -0.39 is 11.9 Å². The summed E-state index contributed by atoms with van der Waals surface area (Å²) in [5.41, 5.74) is 0. The SMILES string of the molecule is COC1=CC=CC(O)(OC)C1OC. The molecule has 0 aromatic rings. The molecule has 0 fully saturated rings. The van der Waals surface area contributed by atoms with Gasteiger partial charge in [0.1, 0.15) is 5.76 Å². The topological polar surface area (TPSA) is 47.9 Å². The largest absolute Gasteiger partial charge is 0.498 e. The van der Waals surface area contributed by atoms with Crippen molar-refractivity contribution in [2.24, 2.45) is 0 Å². The van der Waals surface area contributed by atoms with Crippen LogP contribution in [0.25, 0.3) is 0 Å². The van der Waals surface area contributed by atoms with Gasteiger partial charge in [-0.1, -0.05) is 6.08 Å². The Morgan fingerprint density at radius 3 is 2.54 bits per heavy atom. The molecule has 4 nitrogen and oxygen atoms in total. The van der Waals surface area contributed by atoms with E-state index in [4.69, 9.17) is 14.2 Å². The minimum atomic E-state index is -1.44. The fourth-order valence-corrected chi connectivity index (χ4v) is 1.29. The van der Waals surface area contributed by atoms with Gasteiger partial charge in [0.2, 0.25) is 5.79 Å². The maximum atomic E-state index is 9.89. The molecule has 0 radical (unpaired) electrons. The van der Waals surface area contributed by atoms with E-state index in [0.29, 0.717) is 5.76 Å². The van der Waals surface area contributed by atoms with Crippen molar-refractivity contribution in [3.05, 3.63) is 24.0 Å². The van der Waals surface area contributed by atoms with Crippen molar-refractivity contribution in [3.63, 3.8) is 0 Å². The second-order valence-electron chi connectivity index (χ2n) is 2.70. The average Bonchev–Trinajstić information content (AvgIpc) is 2.17. The lowest BCUT2D eigenvalue weighted by atomic mass is 10.0. The molecule has 2 unspecified atom stereocenters. The van der Waals surface area contributed by atoms with Crippen LogP contribution in [0.1, 0.15) is 0 Å². The number of ether oxygens (including phenoxy) is 3. The molecule has 0 spiro atoms. The van der Waals surface area contributed by atoms with Crippen molar-refractivity contribution < 1.29 is 19.3 Å². The Morgan fingerprint density at radius 1 is 1.38 bits per heavy atom. The summed E-state index contributed by atoms with van der Waals surface area (Å²) in [7, 11) is 4.42. The van der Waals surface area contributed by atoms with Crippen molar-refractivity contribution >= 4 is 0 Å². The molecule has 0 saturated carbocycles. The molecule has 0 saturated heterocycles. The van der Waals surface area contributed by atoms with E-state index in [1.807, 2.05) is 0 Å². The summed E-state index contributed by atoms with van der Waals surface area (Å²) in [5.74, 6) is -0.899. The summed E-state index contributed by atoms with van der Waals surface area (Å²) in [6, 6.07) is 0. The van der Waals surface area contributed by atoms with Gasteiger partial charge >= 0.3 is 0 Å². The van der Waals surface area contributed by atoms with Crippen LogP contribution in [-0.4, -0.2) is 38.3 Å². The molecule has 1 N–H and O–H groups in total. The van der Waals surface area contributed by atoms with E-state index in [1.54, 1.807) is 12.2 Å². The maximum Gasteiger partial charge on any atom is 0.220 e. The van der Waals surface area contributed by atoms with Crippen LogP contribution in [0.2, 0.25) is 0 Å². The zero-order valence-electron chi connectivity index (χ0n) is 7.98. The van der Waals surface area contributed by atoms with Gasteiger partial charge in [0.05, 0.1) is 7.11 Å². The molecule has 0 heterocycles. The molecule has 2 atom stereocenters. The first-order valence-corrected chi connectivity index (χ1v) is 3.91. The smallest absolute Gasteiger partial charge is 0.220 e. The Balaban J connectivity index is 2.92. The second-order valence-corrected chi connectivity index (χ2v) is 2.70. The molecule has 0 amide bonds. The first-order chi connectivity index (χ1) is 6.18. The van der Waals surface area contributed by atoms with E-state index >= 15 is 0 Å². The van der Waals surface area contributed by atoms with Gasteiger partial charge in [-0.3, -0.25) is 0 Å². The van der Waals surface area contributed by atoms with Crippen LogP contribution in [0.15, 0.2) is 24.0 Å². The summed E-state index contributed by atoms with van der Waals surface area (Å²) >= 11 is 0. The van der Waals surface area contributed by atoms with E-state index in [9.17, 15) is 5.11 Å². The van der Waals surface area contributed by atoms with Gasteiger partial charge in [0, 0.05) is 14.2 Å². The third-order valence-corrected chi connectivity index (χ3v) is 2.03. The highest BCUT2D eigenvalue weighted by Gasteiger charge is 2.40. The summed E-state index contributed by atoms with van der Waals surface area (Å²) in [6.07, 6.45) is 4.29. The van der Waals surface area contributed by atoms with Gasteiger partial charge in [-0.2, -0.15) is 0 Å². The maximum absolute atomic E-state index is 9.89. The standard InChI is InChI=1S/C9H14O4/c1-11-7-5-4-6-9(10,13-3)8(7)12-2/h4-6,8,10H,1-3H3. The average molecular weight is 186 g/mol. The number of methoxy groups -OCH3 is 3. The number of hydrogen-bond donors (Lipinski definition) is 1. The zero-order valence-corrected chi connectivity index (χ0v) is 7.98. The molecule has 0 aliphatic heterocycles. The molecule has 0 bridgehead atoms. The van der Waals surface area contributed by atoms with Gasteiger partial charge in [-0.15, -0.1) is 0 Å². The molecule has 4 heteroatoms. The third kappa shape index (κ3) is 1.75. The summed E-state index contributed by atoms with van der Waals surface area (Å²) in [6.45, 7) is 0. The van der Waals surface area contributed by atoms with Crippen LogP contribution in [0.4, 0.5) is 0 Å². The fourth-order valence-electron chi connectivity index (χ4n) is 1.29. The quantitative estimate of drug-likeness (QED) is 0.649. The Labute approximate surface area is 77.4 Å². The Kier molecular flexibility index (Phi) is 3.08. The molecular weight excluding hydrogens is 172 g/mol. The lowest BCUT2D eigenvalue weighted by Crippen LogP contribution is -2.46. The Morgan fingerprint density at radius 2 is 2.08 bits per heavy atom. The predicted octanol–water partition coefficient (Wildman–Crippen LogP) is 0.436. The second kappa shape index (κ2) is 3.91. The molecular formula is C9H14O4. The highest BCUT2D eigenvalue weighted by Crippen LogP contribution is 2.26. The minimum absolute atomic E-state index is 0.536. The van der Waals surface area contributed by atoms with E-state index in [-0.39, 0.29) is 0 Å². The predicted molar refractivity (Wildman–Crippen MR) is 47.0 cm³/mol. The van der Waals surface area contributed by atoms with Crippen molar-refractivity contribution in [1.82, 2.24) is 0 Å². The van der Waals surface area contributed by atoms with Crippen LogP contribution >= 0.6 is 0 Å². The van der Waals surface area contributed by atoms with E-state index in [0.717, 1.165) is 0 Å². The van der Waals surface area contributed by atoms with Crippen LogP contribution < -0.4 is 0 Å². The molecule has 13 heavy (non-hydrogen) atoms. The summed E-state index contributed by atoms with van der Waals surface area (Å²) in [4.78, 5) is 0. The number of allylic oxidation sites excluding steroid dienone is 2. The monoisotopic (exact) mass is 186 g/mol. The van der Waals surface area contributed by atoms with Crippen LogP contribution in [-0.2, 0) is 14.2 Å². The Hall–Kier alpha value is -0.840. The fraction of sp³-hybridized carbons (Fsp3) is 0.556. The first kappa shape index (κ1) is 10.2. The summed E-state index contributed by atoms with van der Waals surface area (Å²) < 4.78 is 15.1. The summed E-state index contributed by atoms with van der Waals surface area (Å²) in [5, 5.41) is 9.89. The van der Waals surface area contributed by atoms with Crippen molar-refractivity contribution in [2.75, 3.05) is 21.3 Å². The van der Waals surface area contributed by atoms with E-state index in [2.05, 4.69) is 0 Å². The van der Waals surface area contributed by atoms with Gasteiger partial charge in [0.15, 0.2) is 6.10 Å². The molecule has 1 aliphatic carbocycles. The first-order valence-electron chi connectivity index (χ1n) is 3.91. The van der Waals surface area contributed by atoms with Crippen LogP contribution in [0.3, 0.4) is 0 Å². The van der Waals surface area contributed by atoms with Gasteiger partial charge < -0.3 is 19.3 Å². The molecule has 1 rings (SSSR count). The Bertz CT molecular complexity index is 234. The van der Waals surface area contributed by atoms with Crippen LogP contribution in [0.5, 0.6) is 0 Å². The number of hydrogen-bond acceptors (Lipinski definition) is 4. The molecule has 0 aromatic heterocycles. The molecule has 1 aliphatic rings. The van der Waals surface area contributed by atoms with Crippen molar-refractivity contribution in [3.8, 4) is 0 Å². The third-order valence-electron chi connectivity index (χ3n) is 2.03. The molecule has 0 aromatic carbocycles. The number of rotatable bonds is 3. The molecule has 74 valence electrons. The van der Waals surface area contributed by atoms with Crippen molar-refractivity contribution in [2.45, 2.75) is 11.9 Å². The zero-order chi connectivity index (χ0) is 9.90. The van der Waals surface area contributed by atoms with E-state index in [1.165, 1.54) is 27.4 Å².